The van der Waals surface area contributed by atoms with Crippen LogP contribution in [0, 0.1) is 7.14 Å². The first-order chi connectivity index (χ1) is 11.5. The van der Waals surface area contributed by atoms with Gasteiger partial charge in [0, 0.05) is 9.13 Å². The van der Waals surface area contributed by atoms with Crippen LogP contribution in [-0.4, -0.2) is 19.0 Å². The Balaban J connectivity index is 2.06. The normalized spacial score (nSPS) is 15.4. The van der Waals surface area contributed by atoms with Gasteiger partial charge in [0.05, 0.1) is 21.3 Å². The van der Waals surface area contributed by atoms with Crippen LogP contribution < -0.4 is 4.74 Å². The molecule has 0 aromatic heterocycles. The van der Waals surface area contributed by atoms with E-state index in [0.717, 1.165) is 12.7 Å². The Kier molecular flexibility index (Phi) is 5.46. The Labute approximate surface area is 171 Å². The van der Waals surface area contributed by atoms with E-state index in [2.05, 4.69) is 50.2 Å². The molecule has 122 valence electrons. The van der Waals surface area contributed by atoms with Crippen LogP contribution in [0.25, 0.3) is 6.08 Å². The lowest BCUT2D eigenvalue weighted by molar-refractivity contribution is -0.129. The van der Waals surface area contributed by atoms with Crippen LogP contribution in [0.1, 0.15) is 11.1 Å². The molecule has 0 spiro atoms. The van der Waals surface area contributed by atoms with Crippen molar-refractivity contribution in [1.29, 1.82) is 0 Å². The number of hydrogen-bond donors (Lipinski definition) is 0. The summed E-state index contributed by atoms with van der Waals surface area (Å²) in [6.07, 6.45) is 1.66. The lowest BCUT2D eigenvalue weighted by Gasteiger charge is -2.08. The quantitative estimate of drug-likeness (QED) is 0.302. The van der Waals surface area contributed by atoms with Crippen molar-refractivity contribution < 1.29 is 14.3 Å². The molecule has 0 aliphatic carbocycles. The van der Waals surface area contributed by atoms with Crippen molar-refractivity contribution in [3.8, 4) is 5.75 Å². The molecule has 2 aromatic rings. The van der Waals surface area contributed by atoms with Gasteiger partial charge in [-0.2, -0.15) is 0 Å². The highest BCUT2D eigenvalue weighted by Gasteiger charge is 2.26. The number of halogens is 3. The van der Waals surface area contributed by atoms with E-state index in [4.69, 9.17) is 21.1 Å². The van der Waals surface area contributed by atoms with Gasteiger partial charge in [-0.05, 0) is 75.5 Å². The molecule has 0 N–H and O–H groups in total. The van der Waals surface area contributed by atoms with Crippen LogP contribution in [0.5, 0.6) is 5.75 Å². The van der Waals surface area contributed by atoms with Crippen LogP contribution in [0.2, 0.25) is 5.02 Å². The Morgan fingerprint density at radius 2 is 2.00 bits per heavy atom. The third kappa shape index (κ3) is 3.60. The van der Waals surface area contributed by atoms with E-state index in [0.29, 0.717) is 16.3 Å². The molecular formula is C17H10ClI2NO3. The molecule has 0 radical (unpaired) electrons. The summed E-state index contributed by atoms with van der Waals surface area (Å²) >= 11 is 10.5. The zero-order valence-electron chi connectivity index (χ0n) is 12.3. The maximum atomic E-state index is 12.2. The molecule has 7 heteroatoms. The summed E-state index contributed by atoms with van der Waals surface area (Å²) in [4.78, 5) is 16.4. The van der Waals surface area contributed by atoms with Gasteiger partial charge < -0.3 is 9.47 Å². The van der Waals surface area contributed by atoms with Gasteiger partial charge in [0.25, 0.3) is 0 Å². The summed E-state index contributed by atoms with van der Waals surface area (Å²) in [6.45, 7) is 0. The number of hydrogen-bond acceptors (Lipinski definition) is 4. The predicted octanol–water partition coefficient (Wildman–Crippen LogP) is 4.90. The Hall–Kier alpha value is -1.13. The van der Waals surface area contributed by atoms with E-state index < -0.39 is 5.97 Å². The number of benzene rings is 2. The molecular weight excluding hydrogens is 555 g/mol. The third-order valence-corrected chi connectivity index (χ3v) is 5.01. The fourth-order valence-electron chi connectivity index (χ4n) is 2.21. The minimum absolute atomic E-state index is 0.205. The molecule has 2 aromatic carbocycles. The molecule has 0 saturated heterocycles. The Bertz CT molecular complexity index is 893. The van der Waals surface area contributed by atoms with Crippen molar-refractivity contribution in [2.75, 3.05) is 7.11 Å². The van der Waals surface area contributed by atoms with Crippen LogP contribution >= 0.6 is 56.8 Å². The van der Waals surface area contributed by atoms with Crippen molar-refractivity contribution in [1.82, 2.24) is 0 Å². The third-order valence-electron chi connectivity index (χ3n) is 3.26. The number of nitrogens with zero attached hydrogens (tertiary/aromatic N) is 1. The average molecular weight is 566 g/mol. The minimum Gasteiger partial charge on any atom is -0.495 e. The topological polar surface area (TPSA) is 47.9 Å². The summed E-state index contributed by atoms with van der Waals surface area (Å²) in [6, 6.07) is 11.0. The molecule has 3 rings (SSSR count). The maximum Gasteiger partial charge on any atom is 0.363 e. The first kappa shape index (κ1) is 17.7. The predicted molar refractivity (Wildman–Crippen MR) is 110 cm³/mol. The molecule has 4 nitrogen and oxygen atoms in total. The number of rotatable bonds is 3. The maximum absolute atomic E-state index is 12.2. The van der Waals surface area contributed by atoms with E-state index in [1.807, 2.05) is 18.2 Å². The van der Waals surface area contributed by atoms with Crippen molar-refractivity contribution in [3.05, 3.63) is 65.4 Å². The van der Waals surface area contributed by atoms with Crippen LogP contribution in [0.3, 0.4) is 0 Å². The number of carbonyl (C=O) groups excluding carboxylic acids is 1. The van der Waals surface area contributed by atoms with Crippen LogP contribution in [0.15, 0.2) is 47.1 Å². The van der Waals surface area contributed by atoms with Crippen LogP contribution in [-0.2, 0) is 9.53 Å². The molecule has 1 heterocycles. The number of esters is 1. The highest BCUT2D eigenvalue weighted by Crippen LogP contribution is 2.31. The summed E-state index contributed by atoms with van der Waals surface area (Å²) in [7, 11) is 1.60. The molecule has 24 heavy (non-hydrogen) atoms. The fraction of sp³-hybridized carbons (Fsp3) is 0.0588. The lowest BCUT2D eigenvalue weighted by atomic mass is 10.1. The zero-order chi connectivity index (χ0) is 17.3. The fourth-order valence-corrected chi connectivity index (χ4v) is 4.54. The van der Waals surface area contributed by atoms with Gasteiger partial charge in [-0.25, -0.2) is 9.79 Å². The number of ether oxygens (including phenoxy) is 2. The SMILES string of the molecule is COc1c(I)cc(I)cc1/C=C1\N=C(c2ccccc2Cl)OC1=O. The molecule has 1 aliphatic rings. The molecule has 1 aliphatic heterocycles. The van der Waals surface area contributed by atoms with Gasteiger partial charge in [-0.15, -0.1) is 0 Å². The molecule has 0 atom stereocenters. The van der Waals surface area contributed by atoms with Gasteiger partial charge in [0.1, 0.15) is 5.75 Å². The molecule has 0 fully saturated rings. The summed E-state index contributed by atoms with van der Waals surface area (Å²) in [5.74, 6) is 0.384. The smallest absolute Gasteiger partial charge is 0.363 e. The second-order valence-electron chi connectivity index (χ2n) is 4.83. The average Bonchev–Trinajstić information content (AvgIpc) is 2.88. The monoisotopic (exact) mass is 565 g/mol. The molecule has 0 bridgehead atoms. The lowest BCUT2D eigenvalue weighted by Crippen LogP contribution is -2.05. The molecule has 0 amide bonds. The minimum atomic E-state index is -0.513. The highest BCUT2D eigenvalue weighted by molar-refractivity contribution is 14.1. The summed E-state index contributed by atoms with van der Waals surface area (Å²) in [5, 5.41) is 0.478. The van der Waals surface area contributed by atoms with E-state index >= 15 is 0 Å². The van der Waals surface area contributed by atoms with Gasteiger partial charge in [-0.3, -0.25) is 0 Å². The first-order valence-electron chi connectivity index (χ1n) is 6.80. The Morgan fingerprint density at radius 3 is 2.71 bits per heavy atom. The van der Waals surface area contributed by atoms with Crippen molar-refractivity contribution in [2.45, 2.75) is 0 Å². The van der Waals surface area contributed by atoms with Crippen molar-refractivity contribution in [3.63, 3.8) is 0 Å². The van der Waals surface area contributed by atoms with Gasteiger partial charge in [0.15, 0.2) is 5.70 Å². The van der Waals surface area contributed by atoms with Gasteiger partial charge in [-0.1, -0.05) is 23.7 Å². The summed E-state index contributed by atoms with van der Waals surface area (Å²) < 4.78 is 12.7. The van der Waals surface area contributed by atoms with Crippen molar-refractivity contribution >= 4 is 74.7 Å². The second kappa shape index (κ2) is 7.40. The molecule has 0 unspecified atom stereocenters. The largest absolute Gasteiger partial charge is 0.495 e. The number of aliphatic imine (C=N–C) groups is 1. The highest BCUT2D eigenvalue weighted by atomic mass is 127. The van der Waals surface area contributed by atoms with E-state index in [-0.39, 0.29) is 11.6 Å². The van der Waals surface area contributed by atoms with E-state index in [9.17, 15) is 4.79 Å². The number of methoxy groups -OCH3 is 1. The van der Waals surface area contributed by atoms with Gasteiger partial charge in [0.2, 0.25) is 5.90 Å². The zero-order valence-corrected chi connectivity index (χ0v) is 17.4. The second-order valence-corrected chi connectivity index (χ2v) is 7.64. The number of cyclic esters (lactones) is 1. The first-order valence-corrected chi connectivity index (χ1v) is 9.33. The number of carbonyl (C=O) groups is 1. The molecule has 0 saturated carbocycles. The Morgan fingerprint density at radius 1 is 1.25 bits per heavy atom. The standard InChI is InChI=1S/C17H10ClI2NO3/c1-23-15-9(6-10(19)8-13(15)20)7-14-17(22)24-16(21-14)11-4-2-3-5-12(11)18/h2-8H,1H3/b14-7-. The van der Waals surface area contributed by atoms with E-state index in [1.54, 1.807) is 31.4 Å². The van der Waals surface area contributed by atoms with Gasteiger partial charge >= 0.3 is 5.97 Å². The van der Waals surface area contributed by atoms with E-state index in [1.165, 1.54) is 0 Å². The van der Waals surface area contributed by atoms with Crippen LogP contribution in [0.4, 0.5) is 0 Å². The summed E-state index contributed by atoms with van der Waals surface area (Å²) in [5.41, 5.74) is 1.56. The van der Waals surface area contributed by atoms with Crippen molar-refractivity contribution in [2.24, 2.45) is 4.99 Å².